The first kappa shape index (κ1) is 12.7. The largest absolute Gasteiger partial charge is 0.143 e. The fraction of sp³-hybridized carbons (Fsp3) is 0.0435. The number of benzene rings is 4. The fourth-order valence-electron chi connectivity index (χ4n) is 4.12. The Morgan fingerprint density at radius 3 is 2.21 bits per heavy atom. The minimum absolute atomic E-state index is 1.04. The third-order valence-corrected chi connectivity index (χ3v) is 6.30. The van der Waals surface area contributed by atoms with Gasteiger partial charge in [-0.1, -0.05) is 48.5 Å². The average molecular weight is 322 g/mol. The summed E-state index contributed by atoms with van der Waals surface area (Å²) in [6.07, 6.45) is 1.04. The normalized spacial score (nSPS) is 12.8. The summed E-state index contributed by atoms with van der Waals surface area (Å²) >= 11 is 1.88. The summed E-state index contributed by atoms with van der Waals surface area (Å²) < 4.78 is 0. The van der Waals surface area contributed by atoms with Gasteiger partial charge in [-0.15, -0.1) is 11.3 Å². The monoisotopic (exact) mass is 322 g/mol. The quantitative estimate of drug-likeness (QED) is 0.270. The predicted molar refractivity (Wildman–Crippen MR) is 105 cm³/mol. The van der Waals surface area contributed by atoms with E-state index >= 15 is 0 Å². The molecule has 1 aliphatic carbocycles. The first-order chi connectivity index (χ1) is 11.9. The van der Waals surface area contributed by atoms with Crippen molar-refractivity contribution in [1.29, 1.82) is 0 Å². The van der Waals surface area contributed by atoms with Crippen LogP contribution in [-0.2, 0) is 6.42 Å². The topological polar surface area (TPSA) is 0 Å². The molecule has 0 N–H and O–H groups in total. The molecule has 4 aromatic carbocycles. The second-order valence-corrected chi connectivity index (χ2v) is 7.56. The van der Waals surface area contributed by atoms with Gasteiger partial charge in [-0.05, 0) is 73.6 Å². The van der Waals surface area contributed by atoms with Crippen LogP contribution >= 0.6 is 11.3 Å². The molecule has 0 bridgehead atoms. The van der Waals surface area contributed by atoms with Gasteiger partial charge in [0.2, 0.25) is 0 Å². The number of rotatable bonds is 0. The molecule has 0 spiro atoms. The maximum absolute atomic E-state index is 2.40. The smallest absolute Gasteiger partial charge is 0.0427 e. The van der Waals surface area contributed by atoms with Gasteiger partial charge in [0.05, 0.1) is 0 Å². The lowest BCUT2D eigenvalue weighted by atomic mass is 9.87. The first-order valence-electron chi connectivity index (χ1n) is 8.32. The molecule has 0 saturated carbocycles. The van der Waals surface area contributed by atoms with Gasteiger partial charge in [-0.2, -0.15) is 0 Å². The molecule has 0 amide bonds. The second kappa shape index (κ2) is 4.46. The summed E-state index contributed by atoms with van der Waals surface area (Å²) in [6, 6.07) is 24.8. The summed E-state index contributed by atoms with van der Waals surface area (Å²) in [5.74, 6) is 0. The van der Waals surface area contributed by atoms with Crippen LogP contribution in [0.1, 0.15) is 11.1 Å². The predicted octanol–water partition coefficient (Wildman–Crippen LogP) is 6.78. The molecule has 0 radical (unpaired) electrons. The lowest BCUT2D eigenvalue weighted by molar-refractivity contribution is 1.21. The van der Waals surface area contributed by atoms with Gasteiger partial charge in [0.1, 0.15) is 0 Å². The van der Waals surface area contributed by atoms with E-state index in [1.54, 1.807) is 0 Å². The zero-order valence-electron chi connectivity index (χ0n) is 13.0. The van der Waals surface area contributed by atoms with Crippen molar-refractivity contribution in [2.75, 3.05) is 0 Å². The number of thiophene rings is 1. The van der Waals surface area contributed by atoms with Crippen LogP contribution in [0.15, 0.2) is 72.1 Å². The Bertz CT molecular complexity index is 1270. The molecule has 0 fully saturated rings. The molecule has 1 aromatic heterocycles. The Kier molecular flexibility index (Phi) is 2.37. The molecule has 0 aliphatic heterocycles. The van der Waals surface area contributed by atoms with E-state index in [2.05, 4.69) is 72.1 Å². The van der Waals surface area contributed by atoms with Crippen molar-refractivity contribution in [3.8, 4) is 10.4 Å². The summed E-state index contributed by atoms with van der Waals surface area (Å²) in [5, 5.41) is 10.5. The Hall–Kier alpha value is -2.64. The fourth-order valence-corrected chi connectivity index (χ4v) is 5.25. The van der Waals surface area contributed by atoms with E-state index in [1.165, 1.54) is 53.9 Å². The van der Waals surface area contributed by atoms with E-state index in [0.29, 0.717) is 0 Å². The van der Waals surface area contributed by atoms with Gasteiger partial charge < -0.3 is 0 Å². The molecule has 24 heavy (non-hydrogen) atoms. The van der Waals surface area contributed by atoms with Crippen LogP contribution in [-0.4, -0.2) is 0 Å². The number of fused-ring (bicyclic) bond motifs is 4. The highest BCUT2D eigenvalue weighted by molar-refractivity contribution is 7.15. The number of hydrogen-bond donors (Lipinski definition) is 0. The van der Waals surface area contributed by atoms with Gasteiger partial charge in [0.15, 0.2) is 0 Å². The summed E-state index contributed by atoms with van der Waals surface area (Å²) in [6.45, 7) is 0. The van der Waals surface area contributed by atoms with Crippen LogP contribution in [0.25, 0.3) is 42.8 Å². The van der Waals surface area contributed by atoms with Gasteiger partial charge in [-0.25, -0.2) is 0 Å². The summed E-state index contributed by atoms with van der Waals surface area (Å²) in [5.41, 5.74) is 4.35. The Labute approximate surface area is 144 Å². The standard InChI is InChI=1S/C23H14S/c1-2-5-15-9-19-12-21-20(11-18(19)8-14(15)4-1)10-16-6-3-7-17-13-24-23(21)22(16)17/h1-9,11-13H,10H2. The minimum atomic E-state index is 1.04. The molecule has 1 heterocycles. The maximum atomic E-state index is 2.40. The van der Waals surface area contributed by atoms with Gasteiger partial charge >= 0.3 is 0 Å². The van der Waals surface area contributed by atoms with Gasteiger partial charge in [0, 0.05) is 10.3 Å². The van der Waals surface area contributed by atoms with Crippen molar-refractivity contribution in [1.82, 2.24) is 0 Å². The highest BCUT2D eigenvalue weighted by Gasteiger charge is 2.20. The van der Waals surface area contributed by atoms with Crippen LogP contribution in [0.3, 0.4) is 0 Å². The van der Waals surface area contributed by atoms with Crippen LogP contribution in [0.4, 0.5) is 0 Å². The Balaban J connectivity index is 1.73. The zero-order valence-corrected chi connectivity index (χ0v) is 13.9. The minimum Gasteiger partial charge on any atom is -0.143 e. The lowest BCUT2D eigenvalue weighted by Gasteiger charge is -2.18. The van der Waals surface area contributed by atoms with Crippen LogP contribution < -0.4 is 0 Å². The van der Waals surface area contributed by atoms with E-state index in [-0.39, 0.29) is 0 Å². The maximum Gasteiger partial charge on any atom is 0.0427 e. The highest BCUT2D eigenvalue weighted by atomic mass is 32.1. The van der Waals surface area contributed by atoms with E-state index < -0.39 is 0 Å². The van der Waals surface area contributed by atoms with Crippen molar-refractivity contribution in [3.05, 3.63) is 83.2 Å². The highest BCUT2D eigenvalue weighted by Crippen LogP contribution is 2.44. The van der Waals surface area contributed by atoms with E-state index in [9.17, 15) is 0 Å². The lowest BCUT2D eigenvalue weighted by Crippen LogP contribution is -1.98. The molecule has 0 saturated heterocycles. The van der Waals surface area contributed by atoms with E-state index in [0.717, 1.165) is 6.42 Å². The molecule has 0 unspecified atom stereocenters. The molecular weight excluding hydrogens is 308 g/mol. The van der Waals surface area contributed by atoms with Crippen LogP contribution in [0, 0.1) is 0 Å². The molecule has 112 valence electrons. The first-order valence-corrected chi connectivity index (χ1v) is 9.20. The second-order valence-electron chi connectivity index (χ2n) is 6.68. The summed E-state index contributed by atoms with van der Waals surface area (Å²) in [4.78, 5) is 1.44. The molecule has 6 rings (SSSR count). The van der Waals surface area contributed by atoms with E-state index in [4.69, 9.17) is 0 Å². The summed E-state index contributed by atoms with van der Waals surface area (Å²) in [7, 11) is 0. The third-order valence-electron chi connectivity index (χ3n) is 5.27. The van der Waals surface area contributed by atoms with Crippen LogP contribution in [0.2, 0.25) is 0 Å². The molecule has 1 heteroatoms. The Morgan fingerprint density at radius 2 is 1.38 bits per heavy atom. The van der Waals surface area contributed by atoms with Crippen molar-refractivity contribution >= 4 is 43.7 Å². The molecule has 0 atom stereocenters. The molecule has 0 nitrogen and oxygen atoms in total. The van der Waals surface area contributed by atoms with Crippen molar-refractivity contribution in [2.24, 2.45) is 0 Å². The van der Waals surface area contributed by atoms with Crippen molar-refractivity contribution < 1.29 is 0 Å². The SMILES string of the molecule is c1ccc2cc3cc4c(cc3cc2c1)Cc1cccc2csc-4c12. The van der Waals surface area contributed by atoms with E-state index in [1.807, 2.05) is 11.3 Å². The van der Waals surface area contributed by atoms with Crippen molar-refractivity contribution in [3.63, 3.8) is 0 Å². The zero-order chi connectivity index (χ0) is 15.7. The molecule has 5 aromatic rings. The average Bonchev–Trinajstić information content (AvgIpc) is 3.05. The number of hydrogen-bond acceptors (Lipinski definition) is 1. The molecule has 1 aliphatic rings. The van der Waals surface area contributed by atoms with Gasteiger partial charge in [0.25, 0.3) is 0 Å². The molecular formula is C23H14S. The Morgan fingerprint density at radius 1 is 0.625 bits per heavy atom. The van der Waals surface area contributed by atoms with Gasteiger partial charge in [-0.3, -0.25) is 0 Å². The van der Waals surface area contributed by atoms with Crippen molar-refractivity contribution in [2.45, 2.75) is 6.42 Å². The van der Waals surface area contributed by atoms with Crippen LogP contribution in [0.5, 0.6) is 0 Å². The third kappa shape index (κ3) is 1.63.